The summed E-state index contributed by atoms with van der Waals surface area (Å²) in [7, 11) is 0. The number of carbonyl (C=O) groups excluding carboxylic acids is 1. The van der Waals surface area contributed by atoms with Crippen LogP contribution < -0.4 is 0 Å². The molecule has 2 rings (SSSR count). The molecule has 0 saturated heterocycles. The van der Waals surface area contributed by atoms with Gasteiger partial charge in [0.15, 0.2) is 5.78 Å². The molecule has 0 aliphatic rings. The molecule has 0 atom stereocenters. The monoisotopic (exact) mass is 277 g/mol. The van der Waals surface area contributed by atoms with E-state index >= 15 is 0 Å². The molecule has 2 heterocycles. The molecular weight excluding hydrogens is 262 g/mol. The smallest absolute Gasteiger partial charge is 0.390 e. The molecule has 8 nitrogen and oxygen atoms in total. The van der Waals surface area contributed by atoms with Gasteiger partial charge in [-0.3, -0.25) is 4.79 Å². The third kappa shape index (κ3) is 2.44. The van der Waals surface area contributed by atoms with Gasteiger partial charge in [-0.1, -0.05) is 4.98 Å². The molecule has 0 radical (unpaired) electrons. The molecule has 0 saturated carbocycles. The Bertz CT molecular complexity index is 671. The number of nitrogens with zero attached hydrogens (tertiary/aromatic N) is 5. The SMILES string of the molecule is CCn1c(C)cc(C(=O)Cn2cnc([N+](=O)[O-])n2)c1C. The van der Waals surface area contributed by atoms with E-state index in [9.17, 15) is 14.9 Å². The molecule has 106 valence electrons. The first-order valence-corrected chi connectivity index (χ1v) is 6.17. The lowest BCUT2D eigenvalue weighted by Crippen LogP contribution is -2.12. The number of carbonyl (C=O) groups is 1. The first-order valence-electron chi connectivity index (χ1n) is 6.17. The minimum absolute atomic E-state index is 0.0607. The predicted octanol–water partition coefficient (Wildman–Crippen LogP) is 1.51. The van der Waals surface area contributed by atoms with Crippen molar-refractivity contribution in [3.8, 4) is 0 Å². The molecule has 0 N–H and O–H groups in total. The van der Waals surface area contributed by atoms with E-state index in [1.807, 2.05) is 31.4 Å². The van der Waals surface area contributed by atoms with E-state index in [1.165, 1.54) is 11.0 Å². The highest BCUT2D eigenvalue weighted by molar-refractivity contribution is 5.97. The van der Waals surface area contributed by atoms with Crippen LogP contribution in [-0.2, 0) is 13.1 Å². The number of nitro groups is 1. The highest BCUT2D eigenvalue weighted by Gasteiger charge is 2.19. The van der Waals surface area contributed by atoms with Gasteiger partial charge in [0.2, 0.25) is 6.33 Å². The summed E-state index contributed by atoms with van der Waals surface area (Å²) in [6.07, 6.45) is 1.19. The summed E-state index contributed by atoms with van der Waals surface area (Å²) in [5.41, 5.74) is 2.52. The topological polar surface area (TPSA) is 95.8 Å². The second kappa shape index (κ2) is 5.24. The van der Waals surface area contributed by atoms with Crippen LogP contribution in [-0.4, -0.2) is 30.0 Å². The van der Waals surface area contributed by atoms with Crippen LogP contribution in [0.25, 0.3) is 0 Å². The van der Waals surface area contributed by atoms with Crippen molar-refractivity contribution in [2.24, 2.45) is 0 Å². The van der Waals surface area contributed by atoms with Gasteiger partial charge in [-0.25, -0.2) is 0 Å². The maximum Gasteiger partial charge on any atom is 0.490 e. The average Bonchev–Trinajstić information content (AvgIpc) is 2.94. The number of aromatic nitrogens is 4. The number of Topliss-reactive ketones (excluding diaryl/α,β-unsaturated/α-hetero) is 1. The van der Waals surface area contributed by atoms with Gasteiger partial charge in [0.1, 0.15) is 6.54 Å². The molecular formula is C12H15N5O3. The van der Waals surface area contributed by atoms with Crippen molar-refractivity contribution in [3.05, 3.63) is 39.5 Å². The lowest BCUT2D eigenvalue weighted by atomic mass is 10.1. The number of ketones is 1. The number of hydrogen-bond donors (Lipinski definition) is 0. The standard InChI is InChI=1S/C12H15N5O3/c1-4-16-8(2)5-10(9(16)3)11(18)6-15-7-13-12(14-15)17(19)20/h5,7H,4,6H2,1-3H3. The van der Waals surface area contributed by atoms with Crippen molar-refractivity contribution < 1.29 is 9.72 Å². The summed E-state index contributed by atoms with van der Waals surface area (Å²) in [6.45, 7) is 6.56. The summed E-state index contributed by atoms with van der Waals surface area (Å²) >= 11 is 0. The molecule has 0 aromatic carbocycles. The van der Waals surface area contributed by atoms with E-state index in [4.69, 9.17) is 0 Å². The van der Waals surface area contributed by atoms with Crippen LogP contribution in [0.1, 0.15) is 28.7 Å². The number of hydrogen-bond acceptors (Lipinski definition) is 5. The van der Waals surface area contributed by atoms with Gasteiger partial charge in [0.25, 0.3) is 0 Å². The Morgan fingerprint density at radius 1 is 1.45 bits per heavy atom. The van der Waals surface area contributed by atoms with Crippen LogP contribution in [0.15, 0.2) is 12.4 Å². The van der Waals surface area contributed by atoms with Crippen LogP contribution in [0.5, 0.6) is 0 Å². The molecule has 2 aromatic rings. The highest BCUT2D eigenvalue weighted by atomic mass is 16.6. The first-order chi connectivity index (χ1) is 9.43. The predicted molar refractivity (Wildman–Crippen MR) is 70.6 cm³/mol. The Morgan fingerprint density at radius 3 is 2.65 bits per heavy atom. The van der Waals surface area contributed by atoms with E-state index < -0.39 is 10.9 Å². The first kappa shape index (κ1) is 13.9. The van der Waals surface area contributed by atoms with Gasteiger partial charge in [0.05, 0.1) is 0 Å². The van der Waals surface area contributed by atoms with Gasteiger partial charge in [0, 0.05) is 28.6 Å². The Morgan fingerprint density at radius 2 is 2.15 bits per heavy atom. The second-order valence-corrected chi connectivity index (χ2v) is 4.45. The summed E-state index contributed by atoms with van der Waals surface area (Å²) in [4.78, 5) is 25.5. The maximum atomic E-state index is 12.2. The van der Waals surface area contributed by atoms with E-state index in [0.717, 1.165) is 17.9 Å². The van der Waals surface area contributed by atoms with Crippen molar-refractivity contribution in [1.82, 2.24) is 19.3 Å². The molecule has 0 aliphatic carbocycles. The molecule has 0 unspecified atom stereocenters. The number of aryl methyl sites for hydroxylation is 1. The van der Waals surface area contributed by atoms with Crippen LogP contribution in [0, 0.1) is 24.0 Å². The second-order valence-electron chi connectivity index (χ2n) is 4.45. The Kier molecular flexibility index (Phi) is 3.64. The highest BCUT2D eigenvalue weighted by Crippen LogP contribution is 2.16. The molecule has 0 bridgehead atoms. The summed E-state index contributed by atoms with van der Waals surface area (Å²) in [6, 6.07) is 1.83. The molecule has 0 aliphatic heterocycles. The van der Waals surface area contributed by atoms with Gasteiger partial charge >= 0.3 is 5.95 Å². The fraction of sp³-hybridized carbons (Fsp3) is 0.417. The summed E-state index contributed by atoms with van der Waals surface area (Å²) in [5, 5.41) is 14.1. The van der Waals surface area contributed by atoms with Crippen molar-refractivity contribution >= 4 is 11.7 Å². The van der Waals surface area contributed by atoms with Crippen molar-refractivity contribution in [2.45, 2.75) is 33.9 Å². The zero-order valence-corrected chi connectivity index (χ0v) is 11.5. The van der Waals surface area contributed by atoms with Crippen molar-refractivity contribution in [1.29, 1.82) is 0 Å². The van der Waals surface area contributed by atoms with Gasteiger partial charge in [-0.05, 0) is 31.8 Å². The third-order valence-corrected chi connectivity index (χ3v) is 3.18. The van der Waals surface area contributed by atoms with E-state index in [0.29, 0.717) is 5.56 Å². The Hall–Kier alpha value is -2.51. The maximum absolute atomic E-state index is 12.2. The van der Waals surface area contributed by atoms with Crippen molar-refractivity contribution in [2.75, 3.05) is 0 Å². The van der Waals surface area contributed by atoms with Crippen LogP contribution in [0.3, 0.4) is 0 Å². The van der Waals surface area contributed by atoms with Crippen LogP contribution in [0.2, 0.25) is 0 Å². The quantitative estimate of drug-likeness (QED) is 0.469. The fourth-order valence-corrected chi connectivity index (χ4v) is 2.25. The molecule has 0 spiro atoms. The van der Waals surface area contributed by atoms with Gasteiger partial charge in [-0.2, -0.15) is 4.68 Å². The molecule has 2 aromatic heterocycles. The zero-order chi connectivity index (χ0) is 14.9. The fourth-order valence-electron chi connectivity index (χ4n) is 2.25. The summed E-state index contributed by atoms with van der Waals surface area (Å²) in [5.74, 6) is -0.644. The number of rotatable bonds is 5. The van der Waals surface area contributed by atoms with Gasteiger partial charge < -0.3 is 14.7 Å². The molecule has 0 amide bonds. The Labute approximate surface area is 115 Å². The Balaban J connectivity index is 2.21. The average molecular weight is 277 g/mol. The van der Waals surface area contributed by atoms with Gasteiger partial charge in [-0.15, -0.1) is 0 Å². The van der Waals surface area contributed by atoms with E-state index in [2.05, 4.69) is 10.1 Å². The van der Waals surface area contributed by atoms with E-state index in [-0.39, 0.29) is 12.3 Å². The molecule has 8 heteroatoms. The lowest BCUT2D eigenvalue weighted by molar-refractivity contribution is -0.394. The largest absolute Gasteiger partial charge is 0.490 e. The minimum atomic E-state index is -0.691. The van der Waals surface area contributed by atoms with Crippen LogP contribution >= 0.6 is 0 Å². The lowest BCUT2D eigenvalue weighted by Gasteiger charge is -2.05. The molecule has 0 fully saturated rings. The summed E-state index contributed by atoms with van der Waals surface area (Å²) < 4.78 is 3.22. The minimum Gasteiger partial charge on any atom is -0.390 e. The van der Waals surface area contributed by atoms with Crippen LogP contribution in [0.4, 0.5) is 5.95 Å². The molecule has 20 heavy (non-hydrogen) atoms. The van der Waals surface area contributed by atoms with Crippen molar-refractivity contribution in [3.63, 3.8) is 0 Å². The third-order valence-electron chi connectivity index (χ3n) is 3.18. The van der Waals surface area contributed by atoms with E-state index in [1.54, 1.807) is 0 Å². The zero-order valence-electron chi connectivity index (χ0n) is 11.5. The normalized spacial score (nSPS) is 10.8.